The second kappa shape index (κ2) is 3.59. The third kappa shape index (κ3) is 1.44. The van der Waals surface area contributed by atoms with Crippen LogP contribution in [-0.2, 0) is 0 Å². The van der Waals surface area contributed by atoms with Gasteiger partial charge in [0.15, 0.2) is 5.96 Å². The molecule has 0 bridgehead atoms. The molecule has 2 N–H and O–H groups in total. The van der Waals surface area contributed by atoms with Crippen molar-refractivity contribution >= 4 is 11.8 Å². The fraction of sp³-hybridized carbons (Fsp3) is 0.364. The van der Waals surface area contributed by atoms with Crippen LogP contribution in [0.5, 0.6) is 0 Å². The van der Waals surface area contributed by atoms with E-state index >= 15 is 0 Å². The van der Waals surface area contributed by atoms with E-state index in [-0.39, 0.29) is 6.04 Å². The van der Waals surface area contributed by atoms with Crippen LogP contribution in [0.2, 0.25) is 0 Å². The molecule has 5 nitrogen and oxygen atoms in total. The molecule has 1 atom stereocenters. The highest BCUT2D eigenvalue weighted by molar-refractivity contribution is 6.05. The third-order valence-corrected chi connectivity index (χ3v) is 2.99. The quantitative estimate of drug-likeness (QED) is 0.744. The summed E-state index contributed by atoms with van der Waals surface area (Å²) in [6, 6.07) is 4.27. The largest absolute Gasteiger partial charge is 0.369 e. The molecule has 0 radical (unpaired) electrons. The molecule has 0 saturated carbocycles. The van der Waals surface area contributed by atoms with Gasteiger partial charge in [-0.2, -0.15) is 0 Å². The van der Waals surface area contributed by atoms with Crippen LogP contribution >= 0.6 is 0 Å². The van der Waals surface area contributed by atoms with E-state index in [0.29, 0.717) is 12.5 Å². The number of nitrogens with zero attached hydrogens (tertiary/aromatic N) is 4. The molecule has 0 aliphatic carbocycles. The molecule has 2 aliphatic heterocycles. The predicted molar refractivity (Wildman–Crippen MR) is 62.2 cm³/mol. The van der Waals surface area contributed by atoms with Crippen molar-refractivity contribution in [3.8, 4) is 0 Å². The van der Waals surface area contributed by atoms with Gasteiger partial charge < -0.3 is 5.73 Å². The fourth-order valence-electron chi connectivity index (χ4n) is 2.13. The first-order chi connectivity index (χ1) is 7.84. The number of rotatable bonds is 1. The number of hydrogen-bond acceptors (Lipinski definition) is 5. The molecule has 0 spiro atoms. The van der Waals surface area contributed by atoms with E-state index in [9.17, 15) is 0 Å². The monoisotopic (exact) mass is 215 g/mol. The maximum absolute atomic E-state index is 5.76. The Kier molecular flexibility index (Phi) is 2.09. The molecule has 0 fully saturated rings. The number of aromatic nitrogens is 1. The van der Waals surface area contributed by atoms with Crippen molar-refractivity contribution in [2.24, 2.45) is 15.7 Å². The standard InChI is InChI=1S/C11H13N5/c12-11-14-7-10-15-9(3-6-16(10)11)8-1-4-13-5-2-8/h1-2,4-5,9H,3,6-7H2,(H2,12,14). The molecule has 1 aromatic rings. The van der Waals surface area contributed by atoms with E-state index in [2.05, 4.69) is 15.0 Å². The van der Waals surface area contributed by atoms with Crippen molar-refractivity contribution in [2.75, 3.05) is 13.1 Å². The fourth-order valence-corrected chi connectivity index (χ4v) is 2.13. The molecule has 0 saturated heterocycles. The minimum absolute atomic E-state index is 0.232. The molecular formula is C11H13N5. The minimum atomic E-state index is 0.232. The highest BCUT2D eigenvalue weighted by Gasteiger charge is 2.27. The van der Waals surface area contributed by atoms with Gasteiger partial charge in [0.25, 0.3) is 0 Å². The lowest BCUT2D eigenvalue weighted by atomic mass is 10.0. The van der Waals surface area contributed by atoms with Gasteiger partial charge in [0.05, 0.1) is 6.04 Å². The lowest BCUT2D eigenvalue weighted by Gasteiger charge is -2.27. The number of aliphatic imine (C=N–C) groups is 2. The zero-order valence-electron chi connectivity index (χ0n) is 8.87. The predicted octanol–water partition coefficient (Wildman–Crippen LogP) is 0.555. The number of amidine groups is 1. The van der Waals surface area contributed by atoms with Crippen molar-refractivity contribution in [1.29, 1.82) is 0 Å². The van der Waals surface area contributed by atoms with Gasteiger partial charge >= 0.3 is 0 Å². The van der Waals surface area contributed by atoms with Gasteiger partial charge in [-0.15, -0.1) is 0 Å². The summed E-state index contributed by atoms with van der Waals surface area (Å²) < 4.78 is 0. The average Bonchev–Trinajstić information content (AvgIpc) is 2.72. The molecule has 0 amide bonds. The van der Waals surface area contributed by atoms with E-state index in [0.717, 1.165) is 18.8 Å². The number of nitrogens with two attached hydrogens (primary N) is 1. The molecule has 2 aliphatic rings. The van der Waals surface area contributed by atoms with E-state index in [1.54, 1.807) is 12.4 Å². The Morgan fingerprint density at radius 2 is 2.12 bits per heavy atom. The smallest absolute Gasteiger partial charge is 0.197 e. The molecule has 3 heterocycles. The highest BCUT2D eigenvalue weighted by Crippen LogP contribution is 2.26. The Balaban J connectivity index is 1.87. The molecule has 3 rings (SSSR count). The first-order valence-corrected chi connectivity index (χ1v) is 5.38. The second-order valence-corrected chi connectivity index (χ2v) is 3.96. The van der Waals surface area contributed by atoms with Crippen molar-refractivity contribution in [3.63, 3.8) is 0 Å². The van der Waals surface area contributed by atoms with E-state index in [4.69, 9.17) is 5.73 Å². The Labute approximate surface area is 93.7 Å². The number of guanidine groups is 1. The first kappa shape index (κ1) is 9.33. The zero-order chi connectivity index (χ0) is 11.0. The van der Waals surface area contributed by atoms with Gasteiger partial charge in [-0.3, -0.25) is 14.9 Å². The SMILES string of the molecule is NC1=NCC2=NC(c3ccncc3)CCN12. The van der Waals surface area contributed by atoms with Crippen LogP contribution in [0.25, 0.3) is 0 Å². The zero-order valence-corrected chi connectivity index (χ0v) is 8.87. The maximum Gasteiger partial charge on any atom is 0.197 e. The Morgan fingerprint density at radius 1 is 1.31 bits per heavy atom. The van der Waals surface area contributed by atoms with Gasteiger partial charge in [0, 0.05) is 18.9 Å². The number of pyridine rings is 1. The number of hydrogen-bond donors (Lipinski definition) is 1. The summed E-state index contributed by atoms with van der Waals surface area (Å²) in [7, 11) is 0. The summed E-state index contributed by atoms with van der Waals surface area (Å²) in [6.45, 7) is 1.52. The summed E-state index contributed by atoms with van der Waals surface area (Å²) in [5.74, 6) is 1.59. The lowest BCUT2D eigenvalue weighted by molar-refractivity contribution is 0.487. The van der Waals surface area contributed by atoms with Crippen LogP contribution in [0.15, 0.2) is 34.5 Å². The van der Waals surface area contributed by atoms with Crippen molar-refractivity contribution < 1.29 is 0 Å². The molecular weight excluding hydrogens is 202 g/mol. The maximum atomic E-state index is 5.76. The second-order valence-electron chi connectivity index (χ2n) is 3.96. The summed E-state index contributed by atoms with van der Waals surface area (Å²) in [5.41, 5.74) is 6.97. The van der Waals surface area contributed by atoms with Crippen molar-refractivity contribution in [2.45, 2.75) is 12.5 Å². The summed E-state index contributed by atoms with van der Waals surface area (Å²) in [4.78, 5) is 14.9. The van der Waals surface area contributed by atoms with Crippen LogP contribution in [0.1, 0.15) is 18.0 Å². The minimum Gasteiger partial charge on any atom is -0.369 e. The van der Waals surface area contributed by atoms with Crippen LogP contribution in [0.4, 0.5) is 0 Å². The highest BCUT2D eigenvalue weighted by atomic mass is 15.3. The van der Waals surface area contributed by atoms with E-state index in [1.165, 1.54) is 5.56 Å². The molecule has 82 valence electrons. The first-order valence-electron chi connectivity index (χ1n) is 5.38. The van der Waals surface area contributed by atoms with Gasteiger partial charge in [-0.05, 0) is 24.1 Å². The van der Waals surface area contributed by atoms with Crippen LogP contribution < -0.4 is 5.73 Å². The summed E-state index contributed by atoms with van der Waals surface area (Å²) >= 11 is 0. The number of fused-ring (bicyclic) bond motifs is 1. The van der Waals surface area contributed by atoms with Gasteiger partial charge in [-0.25, -0.2) is 4.99 Å². The van der Waals surface area contributed by atoms with Crippen LogP contribution in [0.3, 0.4) is 0 Å². The molecule has 5 heteroatoms. The lowest BCUT2D eigenvalue weighted by Crippen LogP contribution is -2.41. The van der Waals surface area contributed by atoms with Crippen LogP contribution in [0, 0.1) is 0 Å². The van der Waals surface area contributed by atoms with E-state index in [1.807, 2.05) is 17.0 Å². The molecule has 16 heavy (non-hydrogen) atoms. The Hall–Kier alpha value is -1.91. The van der Waals surface area contributed by atoms with Crippen molar-refractivity contribution in [1.82, 2.24) is 9.88 Å². The molecule has 0 aromatic carbocycles. The summed E-state index contributed by atoms with van der Waals surface area (Å²) in [5, 5.41) is 0. The van der Waals surface area contributed by atoms with Gasteiger partial charge in [0.1, 0.15) is 12.4 Å². The van der Waals surface area contributed by atoms with Crippen molar-refractivity contribution in [3.05, 3.63) is 30.1 Å². The Morgan fingerprint density at radius 3 is 2.94 bits per heavy atom. The van der Waals surface area contributed by atoms with Gasteiger partial charge in [0.2, 0.25) is 0 Å². The summed E-state index contributed by atoms with van der Waals surface area (Å²) in [6.07, 6.45) is 4.59. The Bertz CT molecular complexity index is 451. The third-order valence-electron chi connectivity index (χ3n) is 2.99. The molecule has 1 unspecified atom stereocenters. The normalized spacial score (nSPS) is 23.8. The van der Waals surface area contributed by atoms with Gasteiger partial charge in [-0.1, -0.05) is 0 Å². The molecule has 1 aromatic heterocycles. The topological polar surface area (TPSA) is 66.9 Å². The average molecular weight is 215 g/mol. The van der Waals surface area contributed by atoms with Crippen LogP contribution in [-0.4, -0.2) is 34.8 Å². The van der Waals surface area contributed by atoms with E-state index < -0.39 is 0 Å².